The molecule has 1 aromatic heterocycles. The number of carbonyl (C=O) groups is 2. The minimum atomic E-state index is -4.14. The Labute approximate surface area is 167 Å². The highest BCUT2D eigenvalue weighted by Crippen LogP contribution is 2.40. The van der Waals surface area contributed by atoms with E-state index in [0.717, 1.165) is 17.1 Å². The third kappa shape index (κ3) is 5.56. The standard InChI is InChI=1S/C21H23F3N2O3/c1-4-19(27)26(20(28)5-2)18-12-15(17(29-3)13-25-18)9-6-14-7-10-16(11-8-14)21(22,23)24/h4-6,9,12-14,16H,1-2,7-8,10-11H2,3H3/b9-6+. The van der Waals surface area contributed by atoms with Crippen LogP contribution in [0.4, 0.5) is 19.0 Å². The van der Waals surface area contributed by atoms with Crippen LogP contribution in [0.15, 0.2) is 43.6 Å². The second kappa shape index (κ2) is 9.54. The van der Waals surface area contributed by atoms with Gasteiger partial charge in [-0.2, -0.15) is 13.2 Å². The molecular weight excluding hydrogens is 385 g/mol. The number of hydrogen-bond acceptors (Lipinski definition) is 4. The zero-order chi connectivity index (χ0) is 21.6. The maximum absolute atomic E-state index is 12.8. The number of carbonyl (C=O) groups excluding carboxylic acids is 2. The number of anilines is 1. The number of halogens is 3. The summed E-state index contributed by atoms with van der Waals surface area (Å²) >= 11 is 0. The molecule has 0 bridgehead atoms. The molecule has 1 aliphatic rings. The van der Waals surface area contributed by atoms with Gasteiger partial charge >= 0.3 is 6.18 Å². The number of alkyl halides is 3. The zero-order valence-electron chi connectivity index (χ0n) is 16.1. The molecule has 5 nitrogen and oxygen atoms in total. The van der Waals surface area contributed by atoms with Crippen LogP contribution in [0.5, 0.6) is 5.75 Å². The van der Waals surface area contributed by atoms with Crippen LogP contribution in [0.1, 0.15) is 31.2 Å². The average molecular weight is 408 g/mol. The van der Waals surface area contributed by atoms with Crippen molar-refractivity contribution in [3.8, 4) is 5.75 Å². The van der Waals surface area contributed by atoms with Crippen LogP contribution in [0, 0.1) is 11.8 Å². The van der Waals surface area contributed by atoms with E-state index in [-0.39, 0.29) is 24.6 Å². The topological polar surface area (TPSA) is 59.5 Å². The summed E-state index contributed by atoms with van der Waals surface area (Å²) in [4.78, 5) is 29.0. The van der Waals surface area contributed by atoms with Crippen molar-refractivity contribution < 1.29 is 27.5 Å². The lowest BCUT2D eigenvalue weighted by molar-refractivity contribution is -0.183. The Morgan fingerprint density at radius 3 is 2.24 bits per heavy atom. The van der Waals surface area contributed by atoms with Crippen molar-refractivity contribution in [1.82, 2.24) is 4.98 Å². The van der Waals surface area contributed by atoms with Crippen LogP contribution in [-0.4, -0.2) is 30.1 Å². The molecule has 2 rings (SSSR count). The summed E-state index contributed by atoms with van der Waals surface area (Å²) in [5.41, 5.74) is 0.550. The van der Waals surface area contributed by atoms with Gasteiger partial charge in [0.15, 0.2) is 0 Å². The number of aromatic nitrogens is 1. The Morgan fingerprint density at radius 2 is 1.76 bits per heavy atom. The average Bonchev–Trinajstić information content (AvgIpc) is 2.71. The summed E-state index contributed by atoms with van der Waals surface area (Å²) in [5.74, 6) is -2.07. The Morgan fingerprint density at radius 1 is 1.17 bits per heavy atom. The molecule has 1 aromatic rings. The number of methoxy groups -OCH3 is 1. The van der Waals surface area contributed by atoms with E-state index in [1.165, 1.54) is 19.4 Å². The molecule has 8 heteroatoms. The number of nitrogens with zero attached hydrogens (tertiary/aromatic N) is 2. The van der Waals surface area contributed by atoms with E-state index in [1.54, 1.807) is 6.08 Å². The first-order valence-corrected chi connectivity index (χ1v) is 9.13. The van der Waals surface area contributed by atoms with Crippen molar-refractivity contribution in [2.24, 2.45) is 11.8 Å². The molecule has 0 unspecified atom stereocenters. The minimum Gasteiger partial charge on any atom is -0.495 e. The number of hydrogen-bond donors (Lipinski definition) is 0. The van der Waals surface area contributed by atoms with E-state index < -0.39 is 23.9 Å². The van der Waals surface area contributed by atoms with Gasteiger partial charge in [-0.05, 0) is 49.8 Å². The molecule has 0 saturated heterocycles. The van der Waals surface area contributed by atoms with Crippen molar-refractivity contribution in [1.29, 1.82) is 0 Å². The van der Waals surface area contributed by atoms with Crippen molar-refractivity contribution in [3.63, 3.8) is 0 Å². The number of allylic oxidation sites excluding steroid dienone is 1. The maximum Gasteiger partial charge on any atom is 0.391 e. The molecule has 2 amide bonds. The normalized spacial score (nSPS) is 19.6. The summed E-state index contributed by atoms with van der Waals surface area (Å²) in [6.07, 6.45) is 3.85. The third-order valence-electron chi connectivity index (χ3n) is 4.90. The van der Waals surface area contributed by atoms with E-state index in [9.17, 15) is 22.8 Å². The van der Waals surface area contributed by atoms with Crippen LogP contribution in [0.25, 0.3) is 6.08 Å². The summed E-state index contributed by atoms with van der Waals surface area (Å²) < 4.78 is 43.7. The third-order valence-corrected chi connectivity index (χ3v) is 4.90. The van der Waals surface area contributed by atoms with Crippen LogP contribution >= 0.6 is 0 Å². The SMILES string of the molecule is C=CC(=O)N(C(=O)C=C)c1cc(/C=C/C2CCC(C(F)(F)F)CC2)c(OC)cn1. The van der Waals surface area contributed by atoms with Crippen LogP contribution < -0.4 is 9.64 Å². The van der Waals surface area contributed by atoms with Gasteiger partial charge < -0.3 is 4.74 Å². The van der Waals surface area contributed by atoms with Gasteiger partial charge in [-0.25, -0.2) is 9.88 Å². The van der Waals surface area contributed by atoms with Gasteiger partial charge in [0.2, 0.25) is 0 Å². The number of amides is 2. The van der Waals surface area contributed by atoms with Crippen molar-refractivity contribution >= 4 is 23.7 Å². The van der Waals surface area contributed by atoms with Gasteiger partial charge in [0, 0.05) is 5.56 Å². The van der Waals surface area contributed by atoms with Gasteiger partial charge in [0.25, 0.3) is 11.8 Å². The predicted octanol–water partition coefficient (Wildman–Crippen LogP) is 4.70. The van der Waals surface area contributed by atoms with Gasteiger partial charge in [-0.3, -0.25) is 9.59 Å². The first-order valence-electron chi connectivity index (χ1n) is 9.13. The highest BCUT2D eigenvalue weighted by Gasteiger charge is 2.40. The second-order valence-corrected chi connectivity index (χ2v) is 6.72. The van der Waals surface area contributed by atoms with Crippen molar-refractivity contribution in [3.05, 3.63) is 49.2 Å². The van der Waals surface area contributed by atoms with Crippen LogP contribution in [0.3, 0.4) is 0 Å². The fourth-order valence-electron chi connectivity index (χ4n) is 3.27. The first kappa shape index (κ1) is 22.4. The largest absolute Gasteiger partial charge is 0.495 e. The Kier molecular flexibility index (Phi) is 7.36. The quantitative estimate of drug-likeness (QED) is 0.640. The fraction of sp³-hybridized carbons (Fsp3) is 0.381. The maximum atomic E-state index is 12.8. The fourth-order valence-corrected chi connectivity index (χ4v) is 3.27. The summed E-state index contributed by atoms with van der Waals surface area (Å²) in [6, 6.07) is 1.50. The van der Waals surface area contributed by atoms with E-state index in [4.69, 9.17) is 4.74 Å². The molecule has 156 valence electrons. The highest BCUT2D eigenvalue weighted by molar-refractivity contribution is 6.21. The molecule has 0 atom stereocenters. The lowest BCUT2D eigenvalue weighted by Gasteiger charge is -2.28. The lowest BCUT2D eigenvalue weighted by Crippen LogP contribution is -2.35. The van der Waals surface area contributed by atoms with Gasteiger partial charge in [0.1, 0.15) is 11.6 Å². The predicted molar refractivity (Wildman–Crippen MR) is 104 cm³/mol. The van der Waals surface area contributed by atoms with E-state index in [2.05, 4.69) is 18.1 Å². The Bertz CT molecular complexity index is 790. The zero-order valence-corrected chi connectivity index (χ0v) is 16.1. The Hall–Kier alpha value is -2.90. The molecular formula is C21H23F3N2O3. The van der Waals surface area contributed by atoms with Gasteiger partial charge in [-0.15, -0.1) is 0 Å². The highest BCUT2D eigenvalue weighted by atomic mass is 19.4. The molecule has 0 radical (unpaired) electrons. The summed E-state index contributed by atoms with van der Waals surface area (Å²) in [7, 11) is 1.45. The second-order valence-electron chi connectivity index (χ2n) is 6.72. The summed E-state index contributed by atoms with van der Waals surface area (Å²) in [5, 5.41) is 0. The monoisotopic (exact) mass is 408 g/mol. The Balaban J connectivity index is 2.24. The van der Waals surface area contributed by atoms with Gasteiger partial charge in [-0.1, -0.05) is 25.3 Å². The van der Waals surface area contributed by atoms with E-state index >= 15 is 0 Å². The van der Waals surface area contributed by atoms with Crippen molar-refractivity contribution in [2.75, 3.05) is 12.0 Å². The number of pyridine rings is 1. The number of ether oxygens (including phenoxy) is 1. The minimum absolute atomic E-state index is 0.00985. The lowest BCUT2D eigenvalue weighted by atomic mass is 9.81. The molecule has 0 aromatic carbocycles. The van der Waals surface area contributed by atoms with E-state index in [1.807, 2.05) is 6.08 Å². The molecule has 0 aliphatic heterocycles. The molecule has 29 heavy (non-hydrogen) atoms. The molecule has 0 N–H and O–H groups in total. The molecule has 1 aliphatic carbocycles. The molecule has 1 fully saturated rings. The van der Waals surface area contributed by atoms with Crippen molar-refractivity contribution in [2.45, 2.75) is 31.9 Å². The summed E-state index contributed by atoms with van der Waals surface area (Å²) in [6.45, 7) is 6.75. The number of rotatable bonds is 6. The van der Waals surface area contributed by atoms with E-state index in [0.29, 0.717) is 24.2 Å². The van der Waals surface area contributed by atoms with Gasteiger partial charge in [0.05, 0.1) is 19.2 Å². The molecule has 0 spiro atoms. The smallest absolute Gasteiger partial charge is 0.391 e. The first-order chi connectivity index (χ1) is 13.7. The number of imide groups is 1. The molecule has 1 saturated carbocycles. The van der Waals surface area contributed by atoms with Crippen LogP contribution in [0.2, 0.25) is 0 Å². The molecule has 1 heterocycles. The van der Waals surface area contributed by atoms with Crippen LogP contribution in [-0.2, 0) is 9.59 Å².